The van der Waals surface area contributed by atoms with Gasteiger partial charge in [0, 0.05) is 37.5 Å². The molecule has 29 heavy (non-hydrogen) atoms. The van der Waals surface area contributed by atoms with E-state index in [-0.39, 0.29) is 11.8 Å². The van der Waals surface area contributed by atoms with Gasteiger partial charge < -0.3 is 15.2 Å². The molecular formula is C23H26N4O2. The van der Waals surface area contributed by atoms with Gasteiger partial charge in [0.25, 0.3) is 5.91 Å². The first-order valence-electron chi connectivity index (χ1n) is 10.3. The van der Waals surface area contributed by atoms with Crippen molar-refractivity contribution in [2.24, 2.45) is 0 Å². The maximum Gasteiger partial charge on any atom is 0.251 e. The summed E-state index contributed by atoms with van der Waals surface area (Å²) in [4.78, 5) is 34.6. The number of H-pyrrole nitrogens is 1. The Morgan fingerprint density at radius 3 is 2.52 bits per heavy atom. The van der Waals surface area contributed by atoms with Crippen LogP contribution in [0.15, 0.2) is 54.6 Å². The van der Waals surface area contributed by atoms with E-state index in [4.69, 9.17) is 4.98 Å². The number of fused-ring (bicyclic) bond motifs is 1. The molecule has 0 bridgehead atoms. The standard InChI is InChI=1S/C23H26N4O2/c28-21(11-6-14-24-23(29)18-7-2-1-3-8-18)27-15-12-17(13-16-27)22-25-19-9-4-5-10-20(19)26-22/h1-5,7-10,17H,6,11-16H2,(H,24,29)(H,25,26). The van der Waals surface area contributed by atoms with E-state index >= 15 is 0 Å². The van der Waals surface area contributed by atoms with Gasteiger partial charge in [-0.1, -0.05) is 30.3 Å². The summed E-state index contributed by atoms with van der Waals surface area (Å²) in [5.74, 6) is 1.48. The fraction of sp³-hybridized carbons (Fsp3) is 0.348. The Morgan fingerprint density at radius 2 is 1.76 bits per heavy atom. The number of carbonyl (C=O) groups is 2. The van der Waals surface area contributed by atoms with Gasteiger partial charge in [0.15, 0.2) is 0 Å². The number of aromatic nitrogens is 2. The Kier molecular flexibility index (Phi) is 5.89. The molecule has 1 aliphatic rings. The number of rotatable bonds is 6. The Bertz CT molecular complexity index is 942. The number of hydrogen-bond acceptors (Lipinski definition) is 3. The summed E-state index contributed by atoms with van der Waals surface area (Å²) in [5, 5.41) is 2.88. The number of nitrogens with one attached hydrogen (secondary N) is 2. The Hall–Kier alpha value is -3.15. The monoisotopic (exact) mass is 390 g/mol. The highest BCUT2D eigenvalue weighted by Crippen LogP contribution is 2.28. The van der Waals surface area contributed by atoms with E-state index in [9.17, 15) is 9.59 Å². The maximum atomic E-state index is 12.5. The van der Waals surface area contributed by atoms with Crippen LogP contribution in [0.1, 0.15) is 47.8 Å². The molecule has 1 aliphatic heterocycles. The molecule has 0 atom stereocenters. The molecule has 1 fully saturated rings. The van der Waals surface area contributed by atoms with E-state index in [1.807, 2.05) is 47.4 Å². The Balaban J connectivity index is 1.19. The second-order valence-corrected chi connectivity index (χ2v) is 7.52. The summed E-state index contributed by atoms with van der Waals surface area (Å²) in [6.45, 7) is 2.03. The molecule has 4 rings (SSSR count). The van der Waals surface area contributed by atoms with Crippen LogP contribution in [0.2, 0.25) is 0 Å². The Labute approximate surface area is 170 Å². The lowest BCUT2D eigenvalue weighted by atomic mass is 9.96. The zero-order chi connectivity index (χ0) is 20.1. The second-order valence-electron chi connectivity index (χ2n) is 7.52. The number of amides is 2. The topological polar surface area (TPSA) is 78.1 Å². The molecule has 3 aromatic rings. The largest absolute Gasteiger partial charge is 0.352 e. The van der Waals surface area contributed by atoms with E-state index in [1.165, 1.54) is 0 Å². The van der Waals surface area contributed by atoms with Crippen molar-refractivity contribution in [3.05, 3.63) is 66.0 Å². The summed E-state index contributed by atoms with van der Waals surface area (Å²) < 4.78 is 0. The molecule has 0 saturated carbocycles. The van der Waals surface area contributed by atoms with Crippen molar-refractivity contribution in [3.63, 3.8) is 0 Å². The van der Waals surface area contributed by atoms with Crippen molar-refractivity contribution in [3.8, 4) is 0 Å². The van der Waals surface area contributed by atoms with Crippen LogP contribution in [-0.2, 0) is 4.79 Å². The van der Waals surface area contributed by atoms with Gasteiger partial charge in [-0.3, -0.25) is 9.59 Å². The minimum absolute atomic E-state index is 0.0929. The lowest BCUT2D eigenvalue weighted by Gasteiger charge is -2.31. The van der Waals surface area contributed by atoms with Gasteiger partial charge in [-0.2, -0.15) is 0 Å². The highest BCUT2D eigenvalue weighted by molar-refractivity contribution is 5.94. The van der Waals surface area contributed by atoms with Crippen LogP contribution in [0.25, 0.3) is 11.0 Å². The molecule has 2 aromatic carbocycles. The van der Waals surface area contributed by atoms with E-state index in [0.717, 1.165) is 42.8 Å². The summed E-state index contributed by atoms with van der Waals surface area (Å²) in [6, 6.07) is 17.2. The van der Waals surface area contributed by atoms with E-state index in [1.54, 1.807) is 12.1 Å². The van der Waals surface area contributed by atoms with E-state index in [0.29, 0.717) is 30.9 Å². The predicted molar refractivity (Wildman–Crippen MR) is 113 cm³/mol. The number of carbonyl (C=O) groups excluding carboxylic acids is 2. The Morgan fingerprint density at radius 1 is 1.03 bits per heavy atom. The van der Waals surface area contributed by atoms with Crippen molar-refractivity contribution in [2.45, 2.75) is 31.6 Å². The molecule has 0 aliphatic carbocycles. The third-order valence-electron chi connectivity index (χ3n) is 5.53. The first-order valence-corrected chi connectivity index (χ1v) is 10.3. The zero-order valence-corrected chi connectivity index (χ0v) is 16.4. The first kappa shape index (κ1) is 19.2. The molecule has 2 N–H and O–H groups in total. The smallest absolute Gasteiger partial charge is 0.251 e. The summed E-state index contributed by atoms with van der Waals surface area (Å²) in [6.07, 6.45) is 2.97. The number of hydrogen-bond donors (Lipinski definition) is 2. The first-order chi connectivity index (χ1) is 14.2. The van der Waals surface area contributed by atoms with Gasteiger partial charge in [0.2, 0.25) is 5.91 Å². The van der Waals surface area contributed by atoms with Gasteiger partial charge in [0.05, 0.1) is 11.0 Å². The van der Waals surface area contributed by atoms with Gasteiger partial charge >= 0.3 is 0 Å². The number of imidazole rings is 1. The molecule has 1 aromatic heterocycles. The van der Waals surface area contributed by atoms with Gasteiger partial charge in [-0.15, -0.1) is 0 Å². The van der Waals surface area contributed by atoms with Crippen LogP contribution in [0.4, 0.5) is 0 Å². The highest BCUT2D eigenvalue weighted by atomic mass is 16.2. The number of aromatic amines is 1. The summed E-state index contributed by atoms with van der Waals surface area (Å²) in [5.41, 5.74) is 2.71. The van der Waals surface area contributed by atoms with Crippen molar-refractivity contribution in [2.75, 3.05) is 19.6 Å². The number of para-hydroxylation sites is 2. The number of benzene rings is 2. The maximum absolute atomic E-state index is 12.5. The van der Waals surface area contributed by atoms with Gasteiger partial charge in [-0.25, -0.2) is 4.98 Å². The highest BCUT2D eigenvalue weighted by Gasteiger charge is 2.25. The summed E-state index contributed by atoms with van der Waals surface area (Å²) >= 11 is 0. The van der Waals surface area contributed by atoms with Gasteiger partial charge in [-0.05, 0) is 43.5 Å². The van der Waals surface area contributed by atoms with Crippen molar-refractivity contribution >= 4 is 22.8 Å². The van der Waals surface area contributed by atoms with E-state index in [2.05, 4.69) is 10.3 Å². The number of nitrogens with zero attached hydrogens (tertiary/aromatic N) is 2. The van der Waals surface area contributed by atoms with Crippen molar-refractivity contribution < 1.29 is 9.59 Å². The molecule has 2 amide bonds. The third kappa shape index (κ3) is 4.65. The van der Waals surface area contributed by atoms with Crippen LogP contribution >= 0.6 is 0 Å². The minimum atomic E-state index is -0.0929. The molecule has 1 saturated heterocycles. The second kappa shape index (κ2) is 8.90. The SMILES string of the molecule is O=C(NCCCC(=O)N1CCC(c2nc3ccccc3[nH]2)CC1)c1ccccc1. The lowest BCUT2D eigenvalue weighted by Crippen LogP contribution is -2.38. The zero-order valence-electron chi connectivity index (χ0n) is 16.4. The quantitative estimate of drug-likeness (QED) is 0.633. The molecule has 2 heterocycles. The molecule has 150 valence electrons. The number of likely N-dealkylation sites (tertiary alicyclic amines) is 1. The molecule has 0 unspecified atom stereocenters. The molecule has 6 nitrogen and oxygen atoms in total. The van der Waals surface area contributed by atoms with Crippen molar-refractivity contribution in [1.82, 2.24) is 20.2 Å². The number of piperidine rings is 1. The molecule has 0 radical (unpaired) electrons. The van der Waals surface area contributed by atoms with Crippen LogP contribution in [0.3, 0.4) is 0 Å². The molecule has 6 heteroatoms. The van der Waals surface area contributed by atoms with E-state index < -0.39 is 0 Å². The average Bonchev–Trinajstić information content (AvgIpc) is 3.21. The fourth-order valence-corrected chi connectivity index (χ4v) is 3.86. The molecule has 0 spiro atoms. The lowest BCUT2D eigenvalue weighted by molar-refractivity contribution is -0.132. The molecular weight excluding hydrogens is 364 g/mol. The minimum Gasteiger partial charge on any atom is -0.352 e. The van der Waals surface area contributed by atoms with Crippen LogP contribution in [-0.4, -0.2) is 46.3 Å². The predicted octanol–water partition coefficient (Wildman–Crippen LogP) is 3.48. The normalized spacial score (nSPS) is 14.8. The fourth-order valence-electron chi connectivity index (χ4n) is 3.86. The van der Waals surface area contributed by atoms with Crippen LogP contribution in [0, 0.1) is 0 Å². The summed E-state index contributed by atoms with van der Waals surface area (Å²) in [7, 11) is 0. The van der Waals surface area contributed by atoms with Crippen molar-refractivity contribution in [1.29, 1.82) is 0 Å². The average molecular weight is 390 g/mol. The van der Waals surface area contributed by atoms with Crippen LogP contribution < -0.4 is 5.32 Å². The third-order valence-corrected chi connectivity index (χ3v) is 5.53. The van der Waals surface area contributed by atoms with Crippen LogP contribution in [0.5, 0.6) is 0 Å². The van der Waals surface area contributed by atoms with Gasteiger partial charge in [0.1, 0.15) is 5.82 Å².